The summed E-state index contributed by atoms with van der Waals surface area (Å²) < 4.78 is 0. The Morgan fingerprint density at radius 1 is 0.315 bits per heavy atom. The minimum atomic E-state index is -2.15. The van der Waals surface area contributed by atoms with Crippen LogP contribution in [-0.2, 0) is 101 Å². The number of aliphatic hydroxyl groups excluding tert-OH is 2. The Labute approximate surface area is 717 Å². The van der Waals surface area contributed by atoms with Gasteiger partial charge in [0.15, 0.2) is 5.96 Å². The lowest BCUT2D eigenvalue weighted by atomic mass is 9.99. The van der Waals surface area contributed by atoms with E-state index in [9.17, 15) is 126 Å². The highest BCUT2D eigenvalue weighted by Crippen LogP contribution is 2.16. The van der Waals surface area contributed by atoms with E-state index in [2.05, 4.69) is 84.7 Å². The van der Waals surface area contributed by atoms with Gasteiger partial charge in [-0.2, -0.15) is 0 Å². The molecule has 702 valence electrons. The number of carbonyl (C=O) groups is 21. The van der Waals surface area contributed by atoms with Gasteiger partial charge in [0.1, 0.15) is 84.6 Å². The summed E-state index contributed by atoms with van der Waals surface area (Å²) in [6.45, 7) is 18.4. The van der Waals surface area contributed by atoms with Gasteiger partial charge in [0, 0.05) is 19.4 Å². The van der Waals surface area contributed by atoms with E-state index in [4.69, 9.17) is 40.1 Å². The molecule has 0 spiro atoms. The Morgan fingerprint density at radius 2 is 0.629 bits per heavy atom. The maximum absolute atomic E-state index is 14.6. The van der Waals surface area contributed by atoms with Gasteiger partial charge in [-0.1, -0.05) is 69.2 Å². The maximum Gasteiger partial charge on any atom is 0.326 e. The van der Waals surface area contributed by atoms with Crippen LogP contribution in [0.4, 0.5) is 0 Å². The summed E-state index contributed by atoms with van der Waals surface area (Å²) in [5.41, 5.74) is 38.3. The zero-order valence-corrected chi connectivity index (χ0v) is 72.2. The van der Waals surface area contributed by atoms with E-state index in [0.717, 1.165) is 13.8 Å². The van der Waals surface area contributed by atoms with E-state index in [1.54, 1.807) is 55.4 Å². The third-order valence-electron chi connectivity index (χ3n) is 18.3. The number of aliphatic carboxylic acids is 3. The molecule has 0 unspecified atom stereocenters. The molecular formula is C75H131N23O26. The normalized spacial score (nSPS) is 15.3. The first-order valence-electron chi connectivity index (χ1n) is 40.4. The molecule has 49 heteroatoms. The minimum absolute atomic E-state index is 0.0541. The molecule has 0 aliphatic rings. The fourth-order valence-electron chi connectivity index (χ4n) is 11.8. The van der Waals surface area contributed by atoms with Crippen LogP contribution in [0.15, 0.2) is 4.99 Å². The van der Waals surface area contributed by atoms with Crippen molar-refractivity contribution in [2.45, 2.75) is 289 Å². The number of aliphatic hydroxyl groups is 2. The molecule has 0 heterocycles. The first-order chi connectivity index (χ1) is 57.5. The topological polar surface area (TPSA) is 835 Å². The molecule has 0 fully saturated rings. The van der Waals surface area contributed by atoms with E-state index in [1.165, 1.54) is 20.8 Å². The molecule has 124 heavy (non-hydrogen) atoms. The third kappa shape index (κ3) is 44.7. The number of rotatable bonds is 61. The number of amides is 18. The number of unbranched alkanes of at least 4 members (excludes halogenated alkanes) is 1. The van der Waals surface area contributed by atoms with Crippen LogP contribution in [0.1, 0.15) is 186 Å². The summed E-state index contributed by atoms with van der Waals surface area (Å²) in [4.78, 5) is 286. The standard InChI is InChI=1S/C75H131N23O26/c1-32(2)25-44(61(110)84-31-53(104)85-43(74(123)124)18-16-24-83-75(81)82)94-72(121)58(38(12)99)97-69(118)48(29-52(80)103)92-66(115)46(27-34(5)6)89-62(111)40(17-14-15-23-76)86-65(114)45(26-33(3)4)90-67(116)49(30-55(107)108)93-64(113)42(20-22-54(105)106)88-71(120)57(36(9)10)96-73(122)59(39(13)100)98-68(117)47(28-51(79)102)91-63(112)41(19-21-50(78)101)87-70(119)56(35(7)8)95-60(109)37(11)77/h32-49,56-59,99-100H,14-31,76-77H2,1-13H3,(H2,78,101)(H2,79,102)(H2,80,103)(H,84,110)(H,85,104)(H,86,114)(H,87,119)(H,88,120)(H,89,111)(H,90,116)(H,91,112)(H,92,115)(H,93,113)(H,94,121)(H,95,109)(H,96,122)(H,97,118)(H,98,117)(H,105,106)(H,107,108)(H,123,124)(H4,81,82,83)/t37-,38+,39+,40-,41-,42-,43-,44-,45-,46-,47-,48-,49-,56-,57-,58-,59-/m0/s1. The van der Waals surface area contributed by atoms with E-state index in [0.29, 0.717) is 0 Å². The van der Waals surface area contributed by atoms with Crippen molar-refractivity contribution in [3.8, 4) is 0 Å². The molecule has 49 nitrogen and oxygen atoms in total. The summed E-state index contributed by atoms with van der Waals surface area (Å²) in [7, 11) is 0. The Bertz CT molecular complexity index is 3720. The number of hydrogen-bond acceptors (Lipinski definition) is 26. The fourth-order valence-corrected chi connectivity index (χ4v) is 11.8. The second kappa shape index (κ2) is 56.6. The number of guanidine groups is 1. The number of nitrogens with two attached hydrogens (primary N) is 7. The Hall–Kier alpha value is -12.0. The van der Waals surface area contributed by atoms with Gasteiger partial charge < -0.3 is 145 Å². The Morgan fingerprint density at radius 3 is 0.984 bits per heavy atom. The lowest BCUT2D eigenvalue weighted by Gasteiger charge is -2.30. The molecule has 0 aromatic heterocycles. The lowest BCUT2D eigenvalue weighted by molar-refractivity contribution is -0.142. The Balaban J connectivity index is 7.16. The molecule has 34 N–H and O–H groups in total. The second-order valence-corrected chi connectivity index (χ2v) is 31.9. The SMILES string of the molecule is CC(C)C[C@H](NC(=O)[C@H](CC(=O)O)NC(=O)[C@H](CCC(=O)O)NC(=O)[C@@H](NC(=O)[C@@H](NC(=O)[C@H](CC(N)=O)NC(=O)[C@H](CCC(N)=O)NC(=O)[C@@H](NC(=O)[C@H](C)N)C(C)C)[C@@H](C)O)C(C)C)C(=O)N[C@@H](CCCCN)C(=O)N[C@@H](CC(C)C)C(=O)N[C@@H](CC(N)=O)C(=O)N[C@H](C(=O)N[C@@H](CC(C)C)C(=O)NCC(=O)N[C@@H](CCCN=C(N)N)C(=O)O)[C@@H](C)O. The number of primary amides is 3. The van der Waals surface area contributed by atoms with Crippen LogP contribution in [0.5, 0.6) is 0 Å². The first-order valence-corrected chi connectivity index (χ1v) is 40.4. The van der Waals surface area contributed by atoms with Crippen molar-refractivity contribution in [1.29, 1.82) is 0 Å². The first kappa shape index (κ1) is 112. The lowest BCUT2D eigenvalue weighted by Crippen LogP contribution is -2.63. The van der Waals surface area contributed by atoms with Gasteiger partial charge in [-0.05, 0) is 121 Å². The fraction of sp³-hybridized carbons (Fsp3) is 0.707. The van der Waals surface area contributed by atoms with Crippen molar-refractivity contribution in [2.75, 3.05) is 19.6 Å². The van der Waals surface area contributed by atoms with Crippen molar-refractivity contribution >= 4 is 130 Å². The van der Waals surface area contributed by atoms with Crippen LogP contribution in [0.25, 0.3) is 0 Å². The number of carboxylic acids is 3. The molecule has 0 radical (unpaired) electrons. The maximum atomic E-state index is 14.6. The molecule has 0 bridgehead atoms. The van der Waals surface area contributed by atoms with Gasteiger partial charge >= 0.3 is 17.9 Å². The molecule has 0 aliphatic carbocycles. The highest BCUT2D eigenvalue weighted by molar-refractivity contribution is 6.02. The molecule has 0 saturated carbocycles. The van der Waals surface area contributed by atoms with Crippen molar-refractivity contribution in [3.63, 3.8) is 0 Å². The summed E-state index contributed by atoms with van der Waals surface area (Å²) in [6, 6.07) is -25.7. The third-order valence-corrected chi connectivity index (χ3v) is 18.3. The van der Waals surface area contributed by atoms with Crippen LogP contribution in [0.3, 0.4) is 0 Å². The van der Waals surface area contributed by atoms with Crippen molar-refractivity contribution in [3.05, 3.63) is 0 Å². The number of nitrogens with zero attached hydrogens (tertiary/aromatic N) is 1. The molecule has 17 atom stereocenters. The highest BCUT2D eigenvalue weighted by atomic mass is 16.4. The van der Waals surface area contributed by atoms with E-state index in [-0.39, 0.29) is 76.3 Å². The van der Waals surface area contributed by atoms with E-state index in [1.807, 2.05) is 0 Å². The van der Waals surface area contributed by atoms with Crippen LogP contribution >= 0.6 is 0 Å². The number of carboxylic acid groups (broad SMARTS) is 3. The second-order valence-electron chi connectivity index (χ2n) is 31.9. The average Bonchev–Trinajstić information content (AvgIpc) is 0.846. The molecular weight excluding hydrogens is 1640 g/mol. The summed E-state index contributed by atoms with van der Waals surface area (Å²) in [6.07, 6.45) is -9.84. The largest absolute Gasteiger partial charge is 0.481 e. The average molecular weight is 1770 g/mol. The zero-order valence-electron chi connectivity index (χ0n) is 72.2. The molecule has 0 saturated heterocycles. The van der Waals surface area contributed by atoms with Crippen molar-refractivity contribution < 1.29 is 126 Å². The van der Waals surface area contributed by atoms with Gasteiger partial charge in [0.25, 0.3) is 0 Å². The smallest absolute Gasteiger partial charge is 0.326 e. The number of nitrogens with one attached hydrogen (secondary N) is 15. The van der Waals surface area contributed by atoms with Gasteiger partial charge in [0.05, 0.1) is 44.1 Å². The zero-order chi connectivity index (χ0) is 95.4. The Kier molecular flexibility index (Phi) is 51.1. The van der Waals surface area contributed by atoms with E-state index >= 15 is 0 Å². The van der Waals surface area contributed by atoms with Crippen molar-refractivity contribution in [2.24, 2.45) is 74.7 Å². The van der Waals surface area contributed by atoms with Crippen LogP contribution in [0.2, 0.25) is 0 Å². The van der Waals surface area contributed by atoms with Crippen LogP contribution in [-0.4, -0.2) is 278 Å². The van der Waals surface area contributed by atoms with E-state index < -0.39 is 302 Å². The monoisotopic (exact) mass is 1770 g/mol. The summed E-state index contributed by atoms with van der Waals surface area (Å²) in [5.74, 6) is -28.3. The predicted octanol–water partition coefficient (Wildman–Crippen LogP) is -9.93. The van der Waals surface area contributed by atoms with Crippen molar-refractivity contribution in [1.82, 2.24) is 79.8 Å². The summed E-state index contributed by atoms with van der Waals surface area (Å²) >= 11 is 0. The molecule has 0 aliphatic heterocycles. The predicted molar refractivity (Wildman–Crippen MR) is 441 cm³/mol. The molecule has 0 aromatic rings. The van der Waals surface area contributed by atoms with Gasteiger partial charge in [-0.25, -0.2) is 4.79 Å². The quantitative estimate of drug-likeness (QED) is 0.0153. The highest BCUT2D eigenvalue weighted by Gasteiger charge is 2.41. The minimum Gasteiger partial charge on any atom is -0.481 e. The summed E-state index contributed by atoms with van der Waals surface area (Å²) in [5, 5.41) is 86.0. The number of carbonyl (C=O) groups excluding carboxylic acids is 18. The molecule has 0 rings (SSSR count). The van der Waals surface area contributed by atoms with Gasteiger partial charge in [-0.15, -0.1) is 0 Å². The van der Waals surface area contributed by atoms with Crippen LogP contribution < -0.4 is 120 Å². The van der Waals surface area contributed by atoms with Gasteiger partial charge in [0.2, 0.25) is 106 Å². The molecule has 18 amide bonds. The van der Waals surface area contributed by atoms with Crippen LogP contribution in [0, 0.1) is 29.6 Å². The molecule has 0 aromatic carbocycles. The number of aliphatic imine (C=N–C) groups is 1. The number of hydrogen-bond donors (Lipinski definition) is 27. The van der Waals surface area contributed by atoms with Gasteiger partial charge in [-0.3, -0.25) is 101 Å².